The van der Waals surface area contributed by atoms with Crippen molar-refractivity contribution in [2.75, 3.05) is 0 Å². The minimum atomic E-state index is 0. The molecule has 0 bridgehead atoms. The van der Waals surface area contributed by atoms with Crippen molar-refractivity contribution in [2.24, 2.45) is 0 Å². The predicted octanol–water partition coefficient (Wildman–Crippen LogP) is -3.10. The van der Waals surface area contributed by atoms with Crippen LogP contribution in [0.4, 0.5) is 0 Å². The third kappa shape index (κ3) is 483. The van der Waals surface area contributed by atoms with Crippen LogP contribution in [0.5, 0.6) is 0 Å². The first-order valence-electron chi connectivity index (χ1n) is 2.89. The van der Waals surface area contributed by atoms with E-state index in [-0.39, 0.29) is 49.8 Å². The molecule has 0 atom stereocenters. The molecule has 0 radical (unpaired) electrons. The van der Waals surface area contributed by atoms with Gasteiger partial charge in [0.2, 0.25) is 0 Å². The van der Waals surface area contributed by atoms with E-state index in [0.29, 0.717) is 0 Å². The first-order chi connectivity index (χ1) is 3.46. The molecular weight excluding hydrogens is 114 g/mol. The van der Waals surface area contributed by atoms with Gasteiger partial charge in [0.15, 0.2) is 0 Å². The van der Waals surface area contributed by atoms with Gasteiger partial charge in [-0.1, -0.05) is 27.7 Å². The molecule has 52 valence electrons. The van der Waals surface area contributed by atoms with E-state index in [1.165, 1.54) is 0 Å². The Morgan fingerprint density at radius 1 is 0.700 bits per heavy atom. The zero-order valence-corrected chi connectivity index (χ0v) is 8.15. The fraction of sp³-hybridized carbons (Fsp3) is 1.00. The Morgan fingerprint density at radius 3 is 0.700 bits per heavy atom. The molecule has 0 amide bonds. The van der Waals surface area contributed by atoms with E-state index in [9.17, 15) is 0 Å². The Balaban J connectivity index is -0.0000000300. The van der Waals surface area contributed by atoms with Crippen LogP contribution in [-0.2, 0) is 0 Å². The van der Waals surface area contributed by atoms with Gasteiger partial charge in [0, 0.05) is 0 Å². The van der Waals surface area contributed by atoms with Crippen molar-refractivity contribution in [1.29, 1.82) is 0 Å². The maximum Gasteiger partial charge on any atom is 1.00 e. The average molecular weight is 130 g/mol. The Labute approximate surface area is 88.8 Å². The Bertz CT molecular complexity index is 29.2. The van der Waals surface area contributed by atoms with Crippen molar-refractivity contribution in [2.45, 2.75) is 39.8 Å². The topological polar surface area (TPSA) is 47.6 Å². The monoisotopic (exact) mass is 130 g/mol. The summed E-state index contributed by atoms with van der Waals surface area (Å²) in [5.41, 5.74) is 13.2. The van der Waals surface area contributed by atoms with Gasteiger partial charge in [-0.3, -0.25) is 0 Å². The van der Waals surface area contributed by atoms with Gasteiger partial charge in [-0.25, -0.2) is 0 Å². The van der Waals surface area contributed by atoms with E-state index in [4.69, 9.17) is 11.5 Å². The fourth-order valence-corrected chi connectivity index (χ4v) is 0. The maximum atomic E-state index is 6.58. The molecule has 0 aliphatic rings. The first-order valence-corrected chi connectivity index (χ1v) is 2.89. The van der Waals surface area contributed by atoms with Crippen LogP contribution >= 0.6 is 0 Å². The van der Waals surface area contributed by atoms with E-state index in [1.54, 1.807) is 0 Å². The van der Waals surface area contributed by atoms with E-state index in [2.05, 4.69) is 0 Å². The maximum absolute atomic E-state index is 6.58. The van der Waals surface area contributed by atoms with E-state index < -0.39 is 0 Å². The van der Waals surface area contributed by atoms with Crippen molar-refractivity contribution in [3.05, 3.63) is 11.5 Å². The molecule has 10 heavy (non-hydrogen) atoms. The summed E-state index contributed by atoms with van der Waals surface area (Å²) in [5.74, 6) is 0. The SMILES string of the molecule is CC(C)[NH-].CC(C)[NH-].[Li+].[Li+]. The summed E-state index contributed by atoms with van der Waals surface area (Å²) in [6, 6.07) is 0.167. The molecule has 0 heterocycles. The minimum Gasteiger partial charge on any atom is -0.675 e. The average Bonchev–Trinajstić information content (AvgIpc) is 1.25. The van der Waals surface area contributed by atoms with Crippen molar-refractivity contribution < 1.29 is 37.7 Å². The van der Waals surface area contributed by atoms with Crippen LogP contribution in [0, 0.1) is 0 Å². The predicted molar refractivity (Wildman–Crippen MR) is 38.9 cm³/mol. The molecule has 2 nitrogen and oxygen atoms in total. The van der Waals surface area contributed by atoms with Crippen LogP contribution in [0.2, 0.25) is 0 Å². The Morgan fingerprint density at radius 2 is 0.700 bits per heavy atom. The molecule has 0 spiro atoms. The van der Waals surface area contributed by atoms with Crippen LogP contribution in [0.15, 0.2) is 0 Å². The van der Waals surface area contributed by atoms with Crippen LogP contribution in [0.3, 0.4) is 0 Å². The zero-order chi connectivity index (χ0) is 7.15. The third-order valence-electron chi connectivity index (χ3n) is 0. The molecule has 0 fully saturated rings. The first kappa shape index (κ1) is 22.5. The van der Waals surface area contributed by atoms with Gasteiger partial charge in [-0.2, -0.15) is 0 Å². The van der Waals surface area contributed by atoms with Gasteiger partial charge >= 0.3 is 37.7 Å². The van der Waals surface area contributed by atoms with Crippen LogP contribution in [0.25, 0.3) is 11.5 Å². The summed E-state index contributed by atoms with van der Waals surface area (Å²) in [5, 5.41) is 0. The molecule has 0 aliphatic heterocycles. The largest absolute Gasteiger partial charge is 1.00 e. The quantitative estimate of drug-likeness (QED) is 0.312. The summed E-state index contributed by atoms with van der Waals surface area (Å²) < 4.78 is 0. The van der Waals surface area contributed by atoms with Crippen LogP contribution in [-0.4, -0.2) is 12.1 Å². The van der Waals surface area contributed by atoms with Gasteiger partial charge in [0.1, 0.15) is 0 Å². The van der Waals surface area contributed by atoms with Gasteiger partial charge in [-0.05, 0) is 0 Å². The van der Waals surface area contributed by atoms with Crippen LogP contribution < -0.4 is 37.7 Å². The second kappa shape index (κ2) is 16.6. The van der Waals surface area contributed by atoms with Gasteiger partial charge in [0.25, 0.3) is 0 Å². The molecule has 2 N–H and O–H groups in total. The number of nitrogens with one attached hydrogen (secondary N) is 2. The molecule has 0 saturated heterocycles. The standard InChI is InChI=1S/2C3H8N.2Li/c2*1-3(2)4;;/h2*3-4H,1-2H3;;/q2*-1;2*+1. The number of rotatable bonds is 0. The molecule has 0 aromatic carbocycles. The zero-order valence-electron chi connectivity index (χ0n) is 8.15. The van der Waals surface area contributed by atoms with Gasteiger partial charge < -0.3 is 11.5 Å². The molecule has 0 rings (SSSR count). The molecule has 0 unspecified atom stereocenters. The van der Waals surface area contributed by atoms with E-state index >= 15 is 0 Å². The Kier molecular flexibility index (Phi) is 37.3. The van der Waals surface area contributed by atoms with Gasteiger partial charge in [0.05, 0.1) is 0 Å². The molecular formula is C6H16Li2N2. The molecule has 0 saturated carbocycles. The van der Waals surface area contributed by atoms with Crippen molar-refractivity contribution in [1.82, 2.24) is 0 Å². The second-order valence-electron chi connectivity index (χ2n) is 2.31. The van der Waals surface area contributed by atoms with E-state index in [0.717, 1.165) is 0 Å². The van der Waals surface area contributed by atoms with Crippen molar-refractivity contribution in [3.63, 3.8) is 0 Å². The van der Waals surface area contributed by atoms with Crippen molar-refractivity contribution >= 4 is 0 Å². The second-order valence-corrected chi connectivity index (χ2v) is 2.31. The summed E-state index contributed by atoms with van der Waals surface area (Å²) in [7, 11) is 0. The number of hydrogen-bond donors (Lipinski definition) is 0. The normalized spacial score (nSPS) is 7.20. The summed E-state index contributed by atoms with van der Waals surface area (Å²) in [6.07, 6.45) is 0. The molecule has 0 aromatic heterocycles. The molecule has 0 aliphatic carbocycles. The smallest absolute Gasteiger partial charge is 0.675 e. The van der Waals surface area contributed by atoms with E-state index in [1.807, 2.05) is 27.7 Å². The van der Waals surface area contributed by atoms with Crippen LogP contribution in [0.1, 0.15) is 27.7 Å². The van der Waals surface area contributed by atoms with Crippen molar-refractivity contribution in [3.8, 4) is 0 Å². The Hall–Kier alpha value is 1.11. The summed E-state index contributed by atoms with van der Waals surface area (Å²) in [4.78, 5) is 0. The van der Waals surface area contributed by atoms with Gasteiger partial charge in [-0.15, -0.1) is 12.1 Å². The molecule has 4 heteroatoms. The summed E-state index contributed by atoms with van der Waals surface area (Å²) in [6.45, 7) is 7.33. The summed E-state index contributed by atoms with van der Waals surface area (Å²) >= 11 is 0. The molecule has 0 aromatic rings. The fourth-order valence-electron chi connectivity index (χ4n) is 0. The minimum absolute atomic E-state index is 0. The number of hydrogen-bond acceptors (Lipinski definition) is 0. The third-order valence-corrected chi connectivity index (χ3v) is 0.